The quantitative estimate of drug-likeness (QED) is 0.393. The van der Waals surface area contributed by atoms with Crippen molar-refractivity contribution in [3.8, 4) is 5.75 Å². The van der Waals surface area contributed by atoms with Crippen molar-refractivity contribution < 1.29 is 22.7 Å². The van der Waals surface area contributed by atoms with Crippen LogP contribution in [0.1, 0.15) is 58.1 Å². The van der Waals surface area contributed by atoms with E-state index in [9.17, 15) is 18.0 Å². The fourth-order valence-corrected chi connectivity index (χ4v) is 4.86. The number of rotatable bonds is 14. The van der Waals surface area contributed by atoms with E-state index in [1.54, 1.807) is 36.1 Å². The van der Waals surface area contributed by atoms with Crippen LogP contribution in [0.2, 0.25) is 0 Å². The van der Waals surface area contributed by atoms with Gasteiger partial charge in [-0.05, 0) is 75.9 Å². The first-order valence-corrected chi connectivity index (χ1v) is 14.7. The predicted octanol–water partition coefficient (Wildman–Crippen LogP) is 4.27. The molecule has 0 unspecified atom stereocenters. The molecule has 8 nitrogen and oxygen atoms in total. The summed E-state index contributed by atoms with van der Waals surface area (Å²) < 4.78 is 31.7. The second-order valence-corrected chi connectivity index (χ2v) is 11.2. The van der Waals surface area contributed by atoms with Gasteiger partial charge in [0, 0.05) is 25.6 Å². The van der Waals surface area contributed by atoms with Crippen molar-refractivity contribution in [1.29, 1.82) is 0 Å². The molecule has 0 aliphatic carbocycles. The number of anilines is 1. The van der Waals surface area contributed by atoms with E-state index >= 15 is 0 Å². The second-order valence-electron chi connectivity index (χ2n) is 9.31. The Labute approximate surface area is 222 Å². The molecule has 2 rings (SSSR count). The Morgan fingerprint density at radius 2 is 1.68 bits per heavy atom. The topological polar surface area (TPSA) is 96.0 Å². The number of amides is 2. The van der Waals surface area contributed by atoms with Crippen LogP contribution in [0, 0.1) is 6.92 Å². The maximum absolute atomic E-state index is 13.4. The molecule has 0 heterocycles. The number of nitrogens with zero attached hydrogens (tertiary/aromatic N) is 2. The van der Waals surface area contributed by atoms with Crippen LogP contribution in [0.3, 0.4) is 0 Å². The van der Waals surface area contributed by atoms with Gasteiger partial charge >= 0.3 is 0 Å². The molecule has 2 aromatic rings. The first-order valence-electron chi connectivity index (χ1n) is 12.8. The molecule has 1 N–H and O–H groups in total. The van der Waals surface area contributed by atoms with Crippen molar-refractivity contribution in [2.75, 3.05) is 23.7 Å². The Morgan fingerprint density at radius 1 is 1.03 bits per heavy atom. The van der Waals surface area contributed by atoms with Crippen LogP contribution in [0.5, 0.6) is 5.75 Å². The Hall–Kier alpha value is -3.07. The van der Waals surface area contributed by atoms with E-state index < -0.39 is 16.1 Å². The van der Waals surface area contributed by atoms with Gasteiger partial charge in [-0.25, -0.2) is 8.42 Å². The highest BCUT2D eigenvalue weighted by atomic mass is 32.2. The minimum absolute atomic E-state index is 0.00259. The van der Waals surface area contributed by atoms with E-state index in [1.807, 2.05) is 52.0 Å². The molecule has 0 aliphatic rings. The standard InChI is InChI=1S/C28H41N3O5S/c1-7-22(4)29-28(33)23(5)30(20-24-13-10-9-12-21(24)3)27(32)14-11-19-31(37(6,34)35)25-15-17-26(18-16-25)36-8-2/h9-10,12-13,15-18,22-23H,7-8,11,14,19-20H2,1-6H3,(H,29,33)/t22-,23-/m1/s1. The minimum Gasteiger partial charge on any atom is -0.494 e. The lowest BCUT2D eigenvalue weighted by Crippen LogP contribution is -2.49. The third kappa shape index (κ3) is 9.07. The van der Waals surface area contributed by atoms with E-state index in [4.69, 9.17) is 4.74 Å². The van der Waals surface area contributed by atoms with Crippen molar-refractivity contribution >= 4 is 27.5 Å². The summed E-state index contributed by atoms with van der Waals surface area (Å²) >= 11 is 0. The van der Waals surface area contributed by atoms with E-state index in [0.29, 0.717) is 31.0 Å². The third-order valence-electron chi connectivity index (χ3n) is 6.36. The van der Waals surface area contributed by atoms with Crippen LogP contribution in [-0.2, 0) is 26.2 Å². The molecule has 204 valence electrons. The highest BCUT2D eigenvalue weighted by Gasteiger charge is 2.27. The number of hydrogen-bond donors (Lipinski definition) is 1. The molecule has 0 fully saturated rings. The fraction of sp³-hybridized carbons (Fsp3) is 0.500. The lowest BCUT2D eigenvalue weighted by atomic mass is 10.1. The summed E-state index contributed by atoms with van der Waals surface area (Å²) in [6, 6.07) is 13.9. The molecule has 0 spiro atoms. The van der Waals surface area contributed by atoms with E-state index in [1.165, 1.54) is 4.31 Å². The molecule has 0 aliphatic heterocycles. The molecular formula is C28H41N3O5S. The number of carbonyl (C=O) groups is 2. The largest absolute Gasteiger partial charge is 0.494 e. The molecular weight excluding hydrogens is 490 g/mol. The maximum atomic E-state index is 13.4. The van der Waals surface area contributed by atoms with Crippen LogP contribution >= 0.6 is 0 Å². The van der Waals surface area contributed by atoms with E-state index in [0.717, 1.165) is 23.8 Å². The van der Waals surface area contributed by atoms with Crippen LogP contribution < -0.4 is 14.4 Å². The van der Waals surface area contributed by atoms with Crippen molar-refractivity contribution in [1.82, 2.24) is 10.2 Å². The van der Waals surface area contributed by atoms with Crippen LogP contribution in [0.15, 0.2) is 48.5 Å². The Balaban J connectivity index is 2.17. The summed E-state index contributed by atoms with van der Waals surface area (Å²) in [6.45, 7) is 10.5. The summed E-state index contributed by atoms with van der Waals surface area (Å²) in [6.07, 6.45) is 2.35. The Bertz CT molecular complexity index is 1130. The summed E-state index contributed by atoms with van der Waals surface area (Å²) in [7, 11) is -3.56. The van der Waals surface area contributed by atoms with Crippen molar-refractivity contribution in [3.63, 3.8) is 0 Å². The molecule has 2 aromatic carbocycles. The monoisotopic (exact) mass is 531 g/mol. The van der Waals surface area contributed by atoms with Crippen molar-refractivity contribution in [2.45, 2.75) is 72.5 Å². The molecule has 37 heavy (non-hydrogen) atoms. The molecule has 0 saturated heterocycles. The van der Waals surface area contributed by atoms with Gasteiger partial charge < -0.3 is 15.0 Å². The van der Waals surface area contributed by atoms with E-state index in [2.05, 4.69) is 5.32 Å². The zero-order valence-electron chi connectivity index (χ0n) is 22.9. The van der Waals surface area contributed by atoms with Gasteiger partial charge in [0.25, 0.3) is 0 Å². The molecule has 0 saturated carbocycles. The average Bonchev–Trinajstić information content (AvgIpc) is 2.85. The zero-order chi connectivity index (χ0) is 27.6. The first kappa shape index (κ1) is 30.2. The number of sulfonamides is 1. The number of carbonyl (C=O) groups excluding carboxylic acids is 2. The highest BCUT2D eigenvalue weighted by Crippen LogP contribution is 2.23. The number of nitrogens with one attached hydrogen (secondary N) is 1. The predicted molar refractivity (Wildman–Crippen MR) is 148 cm³/mol. The normalized spacial score (nSPS) is 12.9. The van der Waals surface area contributed by atoms with Gasteiger partial charge in [0.15, 0.2) is 0 Å². The average molecular weight is 532 g/mol. The third-order valence-corrected chi connectivity index (χ3v) is 7.55. The van der Waals surface area contributed by atoms with E-state index in [-0.39, 0.29) is 30.8 Å². The fourth-order valence-electron chi connectivity index (χ4n) is 3.90. The SMILES string of the molecule is CCOc1ccc(N(CCCC(=O)N(Cc2ccccc2C)[C@H](C)C(=O)N[C@H](C)CC)S(C)(=O)=O)cc1. The maximum Gasteiger partial charge on any atom is 0.242 e. The van der Waals surface area contributed by atoms with Crippen LogP contribution in [0.25, 0.3) is 0 Å². The zero-order valence-corrected chi connectivity index (χ0v) is 23.7. The molecule has 0 bridgehead atoms. The van der Waals surface area contributed by atoms with Crippen LogP contribution in [-0.4, -0.2) is 56.6 Å². The Kier molecular flexibility index (Phi) is 11.4. The molecule has 0 aromatic heterocycles. The summed E-state index contributed by atoms with van der Waals surface area (Å²) in [5.74, 6) is 0.255. The number of aryl methyl sites for hydroxylation is 1. The van der Waals surface area contributed by atoms with Crippen molar-refractivity contribution in [2.24, 2.45) is 0 Å². The van der Waals surface area contributed by atoms with Gasteiger partial charge in [-0.15, -0.1) is 0 Å². The number of hydrogen-bond acceptors (Lipinski definition) is 5. The van der Waals surface area contributed by atoms with Gasteiger partial charge in [0.2, 0.25) is 21.8 Å². The van der Waals surface area contributed by atoms with Gasteiger partial charge in [-0.1, -0.05) is 31.2 Å². The molecule has 2 atom stereocenters. The summed E-state index contributed by atoms with van der Waals surface area (Å²) in [5, 5.41) is 2.96. The second kappa shape index (κ2) is 14.0. The lowest BCUT2D eigenvalue weighted by molar-refractivity contribution is -0.140. The first-order chi connectivity index (χ1) is 17.5. The summed E-state index contributed by atoms with van der Waals surface area (Å²) in [4.78, 5) is 27.9. The van der Waals surface area contributed by atoms with Gasteiger partial charge in [0.1, 0.15) is 11.8 Å². The Morgan fingerprint density at radius 3 is 2.24 bits per heavy atom. The molecule has 2 amide bonds. The lowest BCUT2D eigenvalue weighted by Gasteiger charge is -2.30. The number of ether oxygens (including phenoxy) is 1. The van der Waals surface area contributed by atoms with Gasteiger partial charge in [0.05, 0.1) is 18.6 Å². The number of benzene rings is 2. The van der Waals surface area contributed by atoms with Crippen LogP contribution in [0.4, 0.5) is 5.69 Å². The molecule has 9 heteroatoms. The highest BCUT2D eigenvalue weighted by molar-refractivity contribution is 7.92. The minimum atomic E-state index is -3.56. The van der Waals surface area contributed by atoms with Crippen molar-refractivity contribution in [3.05, 3.63) is 59.7 Å². The smallest absolute Gasteiger partial charge is 0.242 e. The summed E-state index contributed by atoms with van der Waals surface area (Å²) in [5.41, 5.74) is 2.51. The molecule has 0 radical (unpaired) electrons. The van der Waals surface area contributed by atoms with Gasteiger partial charge in [-0.2, -0.15) is 0 Å². The van der Waals surface area contributed by atoms with Gasteiger partial charge in [-0.3, -0.25) is 13.9 Å².